The summed E-state index contributed by atoms with van der Waals surface area (Å²) in [6.07, 6.45) is -2.65. The smallest absolute Gasteiger partial charge is 0.790 e. The second kappa shape index (κ2) is 16.1. The first-order valence-electron chi connectivity index (χ1n) is 4.82. The van der Waals surface area contributed by atoms with Crippen molar-refractivity contribution in [2.45, 2.75) is 12.2 Å². The Morgan fingerprint density at radius 2 is 1.05 bits per heavy atom. The summed E-state index contributed by atoms with van der Waals surface area (Å²) in [5.41, 5.74) is 0. The molecule has 0 aliphatic rings. The van der Waals surface area contributed by atoms with Gasteiger partial charge in [-0.3, -0.25) is 0 Å². The van der Waals surface area contributed by atoms with Crippen molar-refractivity contribution in [3.63, 3.8) is 0 Å². The molecule has 0 aromatic heterocycles. The van der Waals surface area contributed by atoms with Crippen LogP contribution in [0.4, 0.5) is 0 Å². The molecule has 0 fully saturated rings. The van der Waals surface area contributed by atoms with E-state index in [0.717, 1.165) is 0 Å². The minimum absolute atomic E-state index is 0. The van der Waals surface area contributed by atoms with Crippen LogP contribution in [0.5, 0.6) is 0 Å². The molecule has 12 nitrogen and oxygen atoms in total. The topological polar surface area (TPSA) is 226 Å². The predicted molar refractivity (Wildman–Crippen MR) is 53.3 cm³/mol. The van der Waals surface area contributed by atoms with Crippen molar-refractivity contribution >= 4 is 15.6 Å². The van der Waals surface area contributed by atoms with Crippen molar-refractivity contribution in [2.24, 2.45) is 0 Å². The fourth-order valence-electron chi connectivity index (χ4n) is 0.460. The summed E-state index contributed by atoms with van der Waals surface area (Å²) in [6, 6.07) is 0. The van der Waals surface area contributed by atoms with Crippen LogP contribution in [0.15, 0.2) is 0 Å². The molecule has 0 rings (SSSR count). The zero-order valence-electron chi connectivity index (χ0n) is 11.3. The van der Waals surface area contributed by atoms with Crippen LogP contribution in [0.2, 0.25) is 0 Å². The molecule has 1 radical (unpaired) electrons. The normalized spacial score (nSPS) is 13.8. The van der Waals surface area contributed by atoms with E-state index in [2.05, 4.69) is 9.05 Å². The van der Waals surface area contributed by atoms with E-state index in [1.54, 1.807) is 0 Å². The van der Waals surface area contributed by atoms with E-state index in [1.165, 1.54) is 0 Å². The van der Waals surface area contributed by atoms with Crippen molar-refractivity contribution in [3.8, 4) is 0 Å². The number of aliphatic hydroxyl groups excluding tert-OH is 4. The molecule has 0 aromatic carbocycles. The van der Waals surface area contributed by atoms with Gasteiger partial charge in [-0.05, 0) is 0 Å². The number of aliphatic hydroxyl groups is 4. The molecule has 0 heterocycles. The van der Waals surface area contributed by atoms with Gasteiger partial charge in [-0.1, -0.05) is 0 Å². The molecular formula is C6H14FeNaO12P2. The third-order valence-electron chi connectivity index (χ3n) is 1.27. The van der Waals surface area contributed by atoms with E-state index >= 15 is 0 Å². The largest absolute Gasteiger partial charge is 3.00 e. The fraction of sp³-hybridized carbons (Fsp3) is 1.00. The Hall–Kier alpha value is 1.58. The molecule has 0 saturated heterocycles. The number of hydrogen-bond acceptors (Lipinski definition) is 12. The molecule has 2 atom stereocenters. The number of rotatable bonds is 8. The van der Waals surface area contributed by atoms with Gasteiger partial charge in [0, 0.05) is 0 Å². The van der Waals surface area contributed by atoms with Gasteiger partial charge >= 0.3 is 46.6 Å². The molecule has 2 unspecified atom stereocenters. The molecule has 4 N–H and O–H groups in total. The predicted octanol–water partition coefficient (Wildman–Crippen LogP) is -8.63. The first-order valence-corrected chi connectivity index (χ1v) is 7.74. The van der Waals surface area contributed by atoms with Crippen molar-refractivity contribution in [2.75, 3.05) is 26.4 Å². The second-order valence-electron chi connectivity index (χ2n) is 3.16. The van der Waals surface area contributed by atoms with Crippen LogP contribution in [-0.2, 0) is 35.2 Å². The summed E-state index contributed by atoms with van der Waals surface area (Å²) in [5, 5.41) is 33.1. The van der Waals surface area contributed by atoms with E-state index in [0.29, 0.717) is 0 Å². The summed E-state index contributed by atoms with van der Waals surface area (Å²) < 4.78 is 26.7. The van der Waals surface area contributed by atoms with E-state index in [1.807, 2.05) is 0 Å². The molecule has 0 saturated carbocycles. The molecule has 129 valence electrons. The Balaban J connectivity index is -0.000000135. The molecule has 0 aliphatic carbocycles. The molecule has 0 spiro atoms. The Bertz CT molecular complexity index is 302. The maximum atomic E-state index is 9.71. The summed E-state index contributed by atoms with van der Waals surface area (Å²) in [7, 11) is -10.0. The monoisotopic (exact) mass is 419 g/mol. The van der Waals surface area contributed by atoms with E-state index < -0.39 is 54.3 Å². The first-order chi connectivity index (χ1) is 8.91. The molecule has 0 aromatic rings. The van der Waals surface area contributed by atoms with Crippen molar-refractivity contribution in [1.82, 2.24) is 0 Å². The third kappa shape index (κ3) is 29.6. The third-order valence-corrected chi connectivity index (χ3v) is 2.20. The maximum Gasteiger partial charge on any atom is 3.00 e. The van der Waals surface area contributed by atoms with Crippen LogP contribution < -0.4 is 49.1 Å². The van der Waals surface area contributed by atoms with Crippen LogP contribution in [0.25, 0.3) is 0 Å². The van der Waals surface area contributed by atoms with E-state index in [4.69, 9.17) is 20.4 Å². The number of phosphoric acid groups is 2. The quantitative estimate of drug-likeness (QED) is 0.213. The molecule has 16 heteroatoms. The minimum Gasteiger partial charge on any atom is -0.790 e. The zero-order valence-corrected chi connectivity index (χ0v) is 16.2. The van der Waals surface area contributed by atoms with Crippen LogP contribution in [0.3, 0.4) is 0 Å². The Kier molecular flexibility index (Phi) is 22.9. The Morgan fingerprint density at radius 1 is 0.818 bits per heavy atom. The van der Waals surface area contributed by atoms with Gasteiger partial charge in [0.05, 0.1) is 42.1 Å². The maximum absolute atomic E-state index is 9.71. The van der Waals surface area contributed by atoms with Gasteiger partial charge in [0.25, 0.3) is 0 Å². The number of hydrogen-bond donors (Lipinski definition) is 4. The minimum atomic E-state index is -5.00. The summed E-state index contributed by atoms with van der Waals surface area (Å²) in [4.78, 5) is 38.8. The van der Waals surface area contributed by atoms with Gasteiger partial charge in [0.2, 0.25) is 0 Å². The van der Waals surface area contributed by atoms with Gasteiger partial charge in [0.1, 0.15) is 12.2 Å². The van der Waals surface area contributed by atoms with Gasteiger partial charge in [-0.15, -0.1) is 0 Å². The second-order valence-corrected chi connectivity index (χ2v) is 5.46. The average Bonchev–Trinajstić information content (AvgIpc) is 2.31. The van der Waals surface area contributed by atoms with Crippen LogP contribution in [-0.4, -0.2) is 59.1 Å². The van der Waals surface area contributed by atoms with Crippen molar-refractivity contribution in [1.29, 1.82) is 0 Å². The van der Waals surface area contributed by atoms with Crippen molar-refractivity contribution < 1.29 is 105 Å². The molecule has 0 aliphatic heterocycles. The summed E-state index contributed by atoms with van der Waals surface area (Å²) >= 11 is 0. The van der Waals surface area contributed by atoms with Crippen LogP contribution in [0.1, 0.15) is 0 Å². The van der Waals surface area contributed by atoms with Gasteiger partial charge in [-0.25, -0.2) is 0 Å². The zero-order chi connectivity index (χ0) is 16.4. The van der Waals surface area contributed by atoms with Crippen LogP contribution in [0, 0.1) is 0 Å². The van der Waals surface area contributed by atoms with Gasteiger partial charge in [-0.2, -0.15) is 0 Å². The van der Waals surface area contributed by atoms with Gasteiger partial charge in [0.15, 0.2) is 0 Å². The molecule has 0 bridgehead atoms. The van der Waals surface area contributed by atoms with E-state index in [-0.39, 0.29) is 46.6 Å². The fourth-order valence-corrected chi connectivity index (χ4v) is 1.17. The Morgan fingerprint density at radius 3 is 1.18 bits per heavy atom. The summed E-state index contributed by atoms with van der Waals surface area (Å²) in [6.45, 7) is -2.67. The van der Waals surface area contributed by atoms with Gasteiger partial charge < -0.3 is 58.2 Å². The molecular weight excluding hydrogens is 405 g/mol. The van der Waals surface area contributed by atoms with Crippen molar-refractivity contribution in [3.05, 3.63) is 0 Å². The molecule has 22 heavy (non-hydrogen) atoms. The SMILES string of the molecule is O=P([O-])([O-])OCC(O)CO.O=P([O-])([O-])OCC(O)CO.[Fe+3].[Na+]. The molecule has 0 amide bonds. The van der Waals surface area contributed by atoms with Crippen LogP contribution >= 0.6 is 15.6 Å². The summed E-state index contributed by atoms with van der Waals surface area (Å²) in [5.74, 6) is 0. The van der Waals surface area contributed by atoms with E-state index in [9.17, 15) is 28.7 Å². The average molecular weight is 419 g/mol. The number of phosphoric ester groups is 2. The standard InChI is InChI=1S/2C3H9O6P.Fe.Na/c2*4-1-3(5)2-9-10(6,7)8;;/h2*3-5H,1-2H2,(H2,6,7,8);;/q;;+3;+1/p-4. The first kappa shape index (κ1) is 31.4. The Labute approximate surface area is 158 Å².